The molecule has 24 heavy (non-hydrogen) atoms. The second-order valence-electron chi connectivity index (χ2n) is 8.33. The van der Waals surface area contributed by atoms with Crippen LogP contribution in [-0.4, -0.2) is 129 Å². The summed E-state index contributed by atoms with van der Waals surface area (Å²) < 4.78 is 0. The van der Waals surface area contributed by atoms with Gasteiger partial charge in [0.15, 0.2) is 31.9 Å². The number of hydrogen-bond donors (Lipinski definition) is 0. The van der Waals surface area contributed by atoms with Crippen LogP contribution >= 0.6 is 0 Å². The van der Waals surface area contributed by atoms with Gasteiger partial charge in [-0.15, -0.1) is 0 Å². The summed E-state index contributed by atoms with van der Waals surface area (Å²) >= 11 is 0. The minimum absolute atomic E-state index is 0.798. The maximum Gasteiger partial charge on any atom is 0.208 e. The van der Waals surface area contributed by atoms with Crippen LogP contribution in [0.25, 0.3) is 0 Å². The van der Waals surface area contributed by atoms with Crippen molar-refractivity contribution in [3.8, 4) is 0 Å². The minimum Gasteiger partial charge on any atom is -0.349 e. The average Bonchev–Trinajstić information content (AvgIpc) is 2.63. The Kier molecular flexibility index (Phi) is 9.34. The fourth-order valence-corrected chi connectivity index (χ4v) is 3.90. The highest BCUT2D eigenvalue weighted by Gasteiger charge is 2.21. The lowest BCUT2D eigenvalue weighted by molar-refractivity contribution is 0.336. The van der Waals surface area contributed by atoms with Gasteiger partial charge in [0.1, 0.15) is 0 Å². The monoisotopic (exact) mass is 329 g/mol. The molecule has 2 heterocycles. The molecule has 1 unspecified atom stereocenters. The van der Waals surface area contributed by atoms with Gasteiger partial charge < -0.3 is 24.1 Å². The Morgan fingerprint density at radius 2 is 1.08 bits per heavy atom. The topological polar surface area (TPSA) is 16.2 Å². The second-order valence-corrected chi connectivity index (χ2v) is 8.33. The van der Waals surface area contributed by atoms with E-state index in [1.54, 1.807) is 0 Å². The SMILES string of the molecule is BN1CCCCN(B)CC(BN2CCN(B)CCN(B)CC2)CC1. The second kappa shape index (κ2) is 11.0. The molecule has 1 atom stereocenters. The van der Waals surface area contributed by atoms with Crippen molar-refractivity contribution in [1.82, 2.24) is 24.1 Å². The molecule has 0 aromatic heterocycles. The predicted molar refractivity (Wildman–Crippen MR) is 117 cm³/mol. The highest BCUT2D eigenvalue weighted by atomic mass is 15.2. The van der Waals surface area contributed by atoms with Gasteiger partial charge in [0.25, 0.3) is 0 Å². The van der Waals surface area contributed by atoms with Gasteiger partial charge in [0, 0.05) is 0 Å². The van der Waals surface area contributed by atoms with Gasteiger partial charge in [-0.25, -0.2) is 0 Å². The van der Waals surface area contributed by atoms with Crippen molar-refractivity contribution in [2.45, 2.75) is 25.1 Å². The first-order valence-electron chi connectivity index (χ1n) is 9.99. The quantitative estimate of drug-likeness (QED) is 0.479. The molecule has 2 fully saturated rings. The van der Waals surface area contributed by atoms with Crippen LogP contribution in [0.15, 0.2) is 0 Å². The molecule has 0 radical (unpaired) electrons. The van der Waals surface area contributed by atoms with Gasteiger partial charge in [0.2, 0.25) is 7.41 Å². The van der Waals surface area contributed by atoms with Crippen molar-refractivity contribution in [2.75, 3.05) is 65.4 Å². The maximum absolute atomic E-state index is 2.72. The van der Waals surface area contributed by atoms with E-state index in [9.17, 15) is 0 Å². The molecule has 132 valence electrons. The third kappa shape index (κ3) is 8.00. The van der Waals surface area contributed by atoms with Gasteiger partial charge in [0.05, 0.1) is 0 Å². The van der Waals surface area contributed by atoms with Crippen molar-refractivity contribution in [3.63, 3.8) is 0 Å². The standard InChI is InChI=1S/C14H36B5N5/c15-20-4-1-2-5-23(18)13-14(3-6-20)19-24-11-9-21(16)7-8-22(17)10-12-24/h14,19H,1-13,15-18H2. The lowest BCUT2D eigenvalue weighted by atomic mass is 9.70. The lowest BCUT2D eigenvalue weighted by Crippen LogP contribution is -2.42. The van der Waals surface area contributed by atoms with Crippen LogP contribution in [-0.2, 0) is 0 Å². The van der Waals surface area contributed by atoms with Gasteiger partial charge in [-0.3, -0.25) is 0 Å². The van der Waals surface area contributed by atoms with E-state index in [0.29, 0.717) is 0 Å². The molecule has 5 nitrogen and oxygen atoms in total. The van der Waals surface area contributed by atoms with Crippen LogP contribution in [0.5, 0.6) is 0 Å². The van der Waals surface area contributed by atoms with E-state index in [2.05, 4.69) is 56.0 Å². The van der Waals surface area contributed by atoms with Gasteiger partial charge >= 0.3 is 0 Å². The average molecular weight is 329 g/mol. The molecule has 2 aliphatic rings. The molecule has 0 N–H and O–H groups in total. The summed E-state index contributed by atoms with van der Waals surface area (Å²) in [7, 11) is 10.4. The summed E-state index contributed by atoms with van der Waals surface area (Å²) in [6.45, 7) is 12.3. The van der Waals surface area contributed by atoms with E-state index in [1.807, 2.05) is 0 Å². The number of nitrogens with zero attached hydrogens (tertiary/aromatic N) is 5. The summed E-state index contributed by atoms with van der Waals surface area (Å²) in [5.74, 6) is 0.798. The van der Waals surface area contributed by atoms with Gasteiger partial charge in [-0.1, -0.05) is 0 Å². The highest BCUT2D eigenvalue weighted by Crippen LogP contribution is 2.16. The van der Waals surface area contributed by atoms with E-state index in [-0.39, 0.29) is 0 Å². The fourth-order valence-electron chi connectivity index (χ4n) is 3.90. The van der Waals surface area contributed by atoms with Gasteiger partial charge in [-0.05, 0) is 90.5 Å². The molecule has 2 aliphatic heterocycles. The van der Waals surface area contributed by atoms with Crippen LogP contribution in [0, 0.1) is 0 Å². The summed E-state index contributed by atoms with van der Waals surface area (Å²) in [5.41, 5.74) is 0. The molecule has 0 amide bonds. The van der Waals surface area contributed by atoms with Crippen molar-refractivity contribution < 1.29 is 0 Å². The summed E-state index contributed by atoms with van der Waals surface area (Å²) in [6, 6.07) is 0. The predicted octanol–water partition coefficient (Wildman–Crippen LogP) is -3.97. The maximum atomic E-state index is 2.72. The molecule has 0 aromatic carbocycles. The Morgan fingerprint density at radius 3 is 1.71 bits per heavy atom. The molecule has 0 spiro atoms. The zero-order valence-electron chi connectivity index (χ0n) is 16.7. The normalized spacial score (nSPS) is 29.4. The van der Waals surface area contributed by atoms with Crippen molar-refractivity contribution in [2.24, 2.45) is 0 Å². The van der Waals surface area contributed by atoms with Crippen LogP contribution in [0.4, 0.5) is 0 Å². The molecule has 0 aromatic rings. The molecule has 0 saturated carbocycles. The van der Waals surface area contributed by atoms with E-state index in [0.717, 1.165) is 5.82 Å². The summed E-state index contributed by atoms with van der Waals surface area (Å²) in [6.07, 6.45) is 4.02. The molecule has 10 heteroatoms. The molecule has 2 saturated heterocycles. The van der Waals surface area contributed by atoms with Crippen LogP contribution in [0.1, 0.15) is 19.3 Å². The zero-order valence-corrected chi connectivity index (χ0v) is 16.7. The number of hydrogen-bond acceptors (Lipinski definition) is 5. The summed E-state index contributed by atoms with van der Waals surface area (Å²) in [4.78, 5) is 12.8. The molecule has 0 bridgehead atoms. The Balaban J connectivity index is 1.90. The van der Waals surface area contributed by atoms with Gasteiger partial charge in [-0.2, -0.15) is 0 Å². The van der Waals surface area contributed by atoms with E-state index in [4.69, 9.17) is 0 Å². The molecule has 2 rings (SSSR count). The zero-order chi connectivity index (χ0) is 17.4. The largest absolute Gasteiger partial charge is 0.349 e. The molecular formula is C14H36B5N5. The Labute approximate surface area is 154 Å². The Hall–Kier alpha value is 0.125. The van der Waals surface area contributed by atoms with Crippen molar-refractivity contribution in [3.05, 3.63) is 0 Å². The Bertz CT molecular complexity index is 340. The molecular weight excluding hydrogens is 292 g/mol. The highest BCUT2D eigenvalue weighted by molar-refractivity contribution is 6.34. The van der Waals surface area contributed by atoms with Crippen LogP contribution in [0.2, 0.25) is 5.82 Å². The fraction of sp³-hybridized carbons (Fsp3) is 1.00. The third-order valence-electron chi connectivity index (χ3n) is 5.79. The Morgan fingerprint density at radius 1 is 0.583 bits per heavy atom. The first-order valence-corrected chi connectivity index (χ1v) is 9.99. The third-order valence-corrected chi connectivity index (χ3v) is 5.79. The summed E-state index contributed by atoms with van der Waals surface area (Å²) in [5, 5.41) is 0. The van der Waals surface area contributed by atoms with E-state index >= 15 is 0 Å². The lowest BCUT2D eigenvalue weighted by Gasteiger charge is -2.32. The van der Waals surface area contributed by atoms with Crippen molar-refractivity contribution in [1.29, 1.82) is 0 Å². The first kappa shape index (κ1) is 20.4. The van der Waals surface area contributed by atoms with E-state index in [1.165, 1.54) is 92.1 Å². The van der Waals surface area contributed by atoms with Crippen LogP contribution < -0.4 is 0 Å². The smallest absolute Gasteiger partial charge is 0.208 e. The first-order chi connectivity index (χ1) is 11.5. The molecule has 0 aliphatic carbocycles. The van der Waals surface area contributed by atoms with E-state index < -0.39 is 0 Å². The number of rotatable bonds is 2. The minimum atomic E-state index is 0.798. The van der Waals surface area contributed by atoms with Crippen molar-refractivity contribution >= 4 is 39.3 Å². The van der Waals surface area contributed by atoms with Crippen LogP contribution in [0.3, 0.4) is 0 Å².